The van der Waals surface area contributed by atoms with Gasteiger partial charge < -0.3 is 30.6 Å². The molecule has 1 aromatic heterocycles. The van der Waals surface area contributed by atoms with E-state index in [1.807, 2.05) is 0 Å². The maximum absolute atomic E-state index is 14.6. The number of nitrogens with one attached hydrogen (secondary N) is 1. The largest absolute Gasteiger partial charge is 0.487 e. The molecule has 1 saturated carbocycles. The van der Waals surface area contributed by atoms with E-state index in [0.717, 1.165) is 11.1 Å². The molecule has 1 aliphatic heterocycles. The van der Waals surface area contributed by atoms with Crippen molar-refractivity contribution in [1.82, 2.24) is 9.88 Å². The Labute approximate surface area is 189 Å². The van der Waals surface area contributed by atoms with Crippen LogP contribution in [0.1, 0.15) is 46.8 Å². The highest BCUT2D eigenvalue weighted by molar-refractivity contribution is 5.99. The molecule has 0 spiro atoms. The maximum Gasteiger partial charge on any atom is 0.263 e. The van der Waals surface area contributed by atoms with Gasteiger partial charge in [0.15, 0.2) is 5.82 Å². The smallest absolute Gasteiger partial charge is 0.263 e. The first-order valence-electron chi connectivity index (χ1n) is 10.7. The Morgan fingerprint density at radius 1 is 1.36 bits per heavy atom. The Morgan fingerprint density at radius 3 is 2.82 bits per heavy atom. The number of nitrogens with zero attached hydrogens (tertiary/aromatic N) is 2. The predicted octanol–water partition coefficient (Wildman–Crippen LogP) is 2.48. The van der Waals surface area contributed by atoms with Crippen LogP contribution in [0.4, 0.5) is 13.2 Å². The third-order valence-corrected chi connectivity index (χ3v) is 6.41. The molecule has 33 heavy (non-hydrogen) atoms. The summed E-state index contributed by atoms with van der Waals surface area (Å²) in [5.41, 5.74) is 7.73. The highest BCUT2D eigenvalue weighted by atomic mass is 19.3. The second-order valence-electron chi connectivity index (χ2n) is 8.37. The Kier molecular flexibility index (Phi) is 6.51. The van der Waals surface area contributed by atoms with Gasteiger partial charge in [0.05, 0.1) is 11.6 Å². The lowest BCUT2D eigenvalue weighted by Crippen LogP contribution is -2.35. The van der Waals surface area contributed by atoms with Gasteiger partial charge in [-0.15, -0.1) is 0 Å². The van der Waals surface area contributed by atoms with Crippen molar-refractivity contribution >= 4 is 5.84 Å². The molecule has 0 radical (unpaired) electrons. The number of rotatable bonds is 6. The zero-order valence-corrected chi connectivity index (χ0v) is 18.1. The van der Waals surface area contributed by atoms with Crippen LogP contribution in [0.25, 0.3) is 0 Å². The molecule has 7 nitrogen and oxygen atoms in total. The topological polar surface area (TPSA) is 105 Å². The van der Waals surface area contributed by atoms with E-state index in [-0.39, 0.29) is 29.1 Å². The van der Waals surface area contributed by atoms with Crippen molar-refractivity contribution in [2.24, 2.45) is 10.7 Å². The Hall–Kier alpha value is -2.82. The number of hydrogen-bond donors (Lipinski definition) is 4. The van der Waals surface area contributed by atoms with Crippen molar-refractivity contribution in [3.8, 4) is 5.75 Å². The van der Waals surface area contributed by atoms with Gasteiger partial charge in [-0.1, -0.05) is 6.58 Å². The van der Waals surface area contributed by atoms with E-state index in [2.05, 4.69) is 16.9 Å². The molecule has 4 atom stereocenters. The van der Waals surface area contributed by atoms with Crippen molar-refractivity contribution in [3.05, 3.63) is 64.9 Å². The van der Waals surface area contributed by atoms with Gasteiger partial charge in [0.1, 0.15) is 29.9 Å². The van der Waals surface area contributed by atoms with Gasteiger partial charge in [0, 0.05) is 42.2 Å². The van der Waals surface area contributed by atoms with Gasteiger partial charge in [-0.25, -0.2) is 18.2 Å². The highest BCUT2D eigenvalue weighted by Gasteiger charge is 2.45. The average Bonchev–Trinajstić information content (AvgIpc) is 3.23. The number of fused-ring (bicyclic) bond motifs is 1. The minimum Gasteiger partial charge on any atom is -0.487 e. The van der Waals surface area contributed by atoms with Gasteiger partial charge in [0.2, 0.25) is 0 Å². The molecule has 0 amide bonds. The lowest BCUT2D eigenvalue weighted by Gasteiger charge is -2.25. The molecule has 5 N–H and O–H groups in total. The molecule has 178 valence electrons. The van der Waals surface area contributed by atoms with Crippen LogP contribution in [-0.4, -0.2) is 45.5 Å². The van der Waals surface area contributed by atoms with Crippen LogP contribution in [0.2, 0.25) is 0 Å². The summed E-state index contributed by atoms with van der Waals surface area (Å²) in [6, 6.07) is 2.06. The van der Waals surface area contributed by atoms with Crippen molar-refractivity contribution < 1.29 is 28.1 Å². The van der Waals surface area contributed by atoms with Gasteiger partial charge in [-0.3, -0.25) is 0 Å². The molecule has 10 heteroatoms. The minimum atomic E-state index is -2.66. The number of hydrogen-bond acceptors (Lipinski definition) is 5. The number of aliphatic imine (C=N–C) groups is 1. The van der Waals surface area contributed by atoms with Crippen LogP contribution in [0.15, 0.2) is 36.1 Å². The summed E-state index contributed by atoms with van der Waals surface area (Å²) >= 11 is 0. The molecule has 0 saturated heterocycles. The van der Waals surface area contributed by atoms with Crippen LogP contribution in [0, 0.1) is 12.7 Å². The third kappa shape index (κ3) is 4.25. The first-order chi connectivity index (χ1) is 15.7. The van der Waals surface area contributed by atoms with Crippen LogP contribution in [0.3, 0.4) is 0 Å². The molecule has 4 rings (SSSR count). The quantitative estimate of drug-likeness (QED) is 0.388. The van der Waals surface area contributed by atoms with E-state index in [0.29, 0.717) is 25.2 Å². The Balaban J connectivity index is 1.64. The van der Waals surface area contributed by atoms with E-state index >= 15 is 0 Å². The van der Waals surface area contributed by atoms with Crippen LogP contribution >= 0.6 is 0 Å². The first-order valence-corrected chi connectivity index (χ1v) is 10.7. The summed E-state index contributed by atoms with van der Waals surface area (Å²) in [4.78, 5) is 3.83. The molecular weight excluding hydrogens is 437 g/mol. The minimum absolute atomic E-state index is 0.0532. The number of aliphatic hydroxyl groups is 2. The van der Waals surface area contributed by atoms with Crippen molar-refractivity contribution in [1.29, 1.82) is 0 Å². The second kappa shape index (κ2) is 9.20. The third-order valence-electron chi connectivity index (χ3n) is 6.41. The zero-order valence-electron chi connectivity index (χ0n) is 18.1. The number of halogens is 3. The number of aliphatic hydroxyl groups excluding tert-OH is 2. The number of amidine groups is 1. The van der Waals surface area contributed by atoms with E-state index < -0.39 is 36.6 Å². The Bertz CT molecular complexity index is 1090. The fraction of sp³-hybridized carbons (Fsp3) is 0.435. The summed E-state index contributed by atoms with van der Waals surface area (Å²) in [6.07, 6.45) is -2.99. The molecule has 0 bridgehead atoms. The van der Waals surface area contributed by atoms with Gasteiger partial charge in [-0.05, 0) is 37.6 Å². The Morgan fingerprint density at radius 2 is 2.12 bits per heavy atom. The fourth-order valence-corrected chi connectivity index (χ4v) is 4.74. The molecule has 0 unspecified atom stereocenters. The first kappa shape index (κ1) is 23.3. The van der Waals surface area contributed by atoms with Crippen LogP contribution < -0.4 is 15.8 Å². The van der Waals surface area contributed by atoms with Crippen molar-refractivity contribution in [2.45, 2.75) is 57.1 Å². The number of benzene rings is 1. The monoisotopic (exact) mass is 464 g/mol. The summed E-state index contributed by atoms with van der Waals surface area (Å²) < 4.78 is 49.0. The molecular formula is C23H27F3N4O3. The van der Waals surface area contributed by atoms with E-state index in [9.17, 15) is 23.4 Å². The van der Waals surface area contributed by atoms with Gasteiger partial charge in [-0.2, -0.15) is 0 Å². The SMILES string of the molecule is C=CN=C(N)c1c(F)cn([C@@H]2C[C@H](Oc3cc(C(F)F)cc4c3CNCC4)[C@@H](O)[C@H]2O)c1C. The normalized spacial score (nSPS) is 25.4. The fourth-order valence-electron chi connectivity index (χ4n) is 4.74. The molecule has 2 aromatic rings. The molecule has 1 fully saturated rings. The molecule has 2 aliphatic rings. The van der Waals surface area contributed by atoms with Crippen LogP contribution in [-0.2, 0) is 13.0 Å². The number of ether oxygens (including phenoxy) is 1. The van der Waals surface area contributed by atoms with Gasteiger partial charge >= 0.3 is 0 Å². The lowest BCUT2D eigenvalue weighted by atomic mass is 9.97. The van der Waals surface area contributed by atoms with E-state index in [1.165, 1.54) is 29.1 Å². The van der Waals surface area contributed by atoms with Crippen molar-refractivity contribution in [2.75, 3.05) is 6.54 Å². The van der Waals surface area contributed by atoms with Crippen molar-refractivity contribution in [3.63, 3.8) is 0 Å². The predicted molar refractivity (Wildman–Crippen MR) is 117 cm³/mol. The molecule has 1 aliphatic carbocycles. The maximum atomic E-state index is 14.6. The van der Waals surface area contributed by atoms with E-state index in [1.54, 1.807) is 6.92 Å². The van der Waals surface area contributed by atoms with Crippen LogP contribution in [0.5, 0.6) is 5.75 Å². The molecule has 2 heterocycles. The highest BCUT2D eigenvalue weighted by Crippen LogP contribution is 2.38. The average molecular weight is 464 g/mol. The summed E-state index contributed by atoms with van der Waals surface area (Å²) in [5.74, 6) is -0.417. The number of aromatic nitrogens is 1. The standard InChI is InChI=1S/C23H27F3N4O3/c1-3-29-23(27)19-11(2)30(10-15(19)24)16-8-18(21(32)20(16)31)33-17-7-13(22(25)26)6-12-4-5-28-9-14(12)17/h3,6-7,10,16,18,20-22,28,31-32H,1,4-5,8-9H2,2H3,(H2,27,29)/t16-,18+,20+,21-/m1/s1. The summed E-state index contributed by atoms with van der Waals surface area (Å²) in [5, 5.41) is 24.6. The van der Waals surface area contributed by atoms with E-state index in [4.69, 9.17) is 10.5 Å². The lowest BCUT2D eigenvalue weighted by molar-refractivity contribution is -0.0171. The van der Waals surface area contributed by atoms with Gasteiger partial charge in [0.25, 0.3) is 6.43 Å². The number of alkyl halides is 2. The summed E-state index contributed by atoms with van der Waals surface area (Å²) in [6.45, 7) is 6.21. The zero-order chi connectivity index (χ0) is 23.9. The summed E-state index contributed by atoms with van der Waals surface area (Å²) in [7, 11) is 0. The second-order valence-corrected chi connectivity index (χ2v) is 8.37. The number of nitrogens with two attached hydrogens (primary N) is 1. The molecule has 1 aromatic carbocycles.